The standard InChI is InChI=1S/C30H27F3N6O3S2/c1-18(2)24-13-4-19(3)14-25(24)39-26(40)16-44-28(39)36-29(43)42-35-15-20-5-7-21(8-6-20)27-34-17-38(37-27)22-9-11-23(12-10-22)41-30(31,32)33/h4-14,17-18,35H,15-16H2,1-3H3/b36-28-. The largest absolute Gasteiger partial charge is 0.573 e. The molecule has 4 aromatic rings. The minimum atomic E-state index is -4.76. The van der Waals surface area contributed by atoms with Crippen molar-refractivity contribution < 1.29 is 27.5 Å². The van der Waals surface area contributed by atoms with Gasteiger partial charge in [-0.2, -0.15) is 4.99 Å². The lowest BCUT2D eigenvalue weighted by atomic mass is 9.99. The summed E-state index contributed by atoms with van der Waals surface area (Å²) in [6.45, 7) is 6.46. The molecule has 44 heavy (non-hydrogen) atoms. The molecule has 1 N–H and O–H groups in total. The van der Waals surface area contributed by atoms with Crippen molar-refractivity contribution >= 4 is 45.9 Å². The zero-order valence-corrected chi connectivity index (χ0v) is 25.5. The quantitative estimate of drug-likeness (QED) is 0.168. The number of amidine groups is 1. The van der Waals surface area contributed by atoms with Gasteiger partial charge in [-0.25, -0.2) is 9.67 Å². The maximum atomic E-state index is 12.8. The number of hydrogen-bond donors (Lipinski definition) is 1. The van der Waals surface area contributed by atoms with E-state index in [0.717, 1.165) is 27.9 Å². The van der Waals surface area contributed by atoms with Crippen LogP contribution in [-0.4, -0.2) is 43.1 Å². The summed E-state index contributed by atoms with van der Waals surface area (Å²) in [5.41, 5.74) is 7.85. The fourth-order valence-electron chi connectivity index (χ4n) is 4.39. The van der Waals surface area contributed by atoms with Crippen molar-refractivity contribution in [1.29, 1.82) is 0 Å². The molecule has 0 saturated carbocycles. The van der Waals surface area contributed by atoms with E-state index in [-0.39, 0.29) is 28.5 Å². The maximum Gasteiger partial charge on any atom is 0.573 e. The van der Waals surface area contributed by atoms with Gasteiger partial charge in [0.15, 0.2) is 11.0 Å². The third-order valence-corrected chi connectivity index (χ3v) is 7.57. The van der Waals surface area contributed by atoms with Gasteiger partial charge in [0.1, 0.15) is 12.1 Å². The molecule has 1 amide bonds. The number of nitrogens with zero attached hydrogens (tertiary/aromatic N) is 5. The van der Waals surface area contributed by atoms with Crippen LogP contribution in [0, 0.1) is 6.92 Å². The molecule has 1 aromatic heterocycles. The second-order valence-electron chi connectivity index (χ2n) is 10.1. The SMILES string of the molecule is Cc1ccc(C(C)C)c(N2C(=O)CS/C2=N\C(=S)ONCc2ccc(-c3ncn(-c4ccc(OC(F)(F)F)cc4)n3)cc2)c1. The summed E-state index contributed by atoms with van der Waals surface area (Å²) in [4.78, 5) is 28.6. The predicted molar refractivity (Wildman–Crippen MR) is 167 cm³/mol. The number of anilines is 1. The normalized spacial score (nSPS) is 14.5. The highest BCUT2D eigenvalue weighted by atomic mass is 32.2. The smallest absolute Gasteiger partial charge is 0.406 e. The van der Waals surface area contributed by atoms with E-state index in [9.17, 15) is 18.0 Å². The number of rotatable bonds is 8. The van der Waals surface area contributed by atoms with E-state index < -0.39 is 6.36 Å². The van der Waals surface area contributed by atoms with Crippen LogP contribution < -0.4 is 15.1 Å². The molecule has 5 rings (SSSR count). The number of amides is 1. The molecule has 0 radical (unpaired) electrons. The number of hydroxylamine groups is 1. The number of hydrogen-bond acceptors (Lipinski definition) is 8. The van der Waals surface area contributed by atoms with E-state index >= 15 is 0 Å². The second-order valence-corrected chi connectivity index (χ2v) is 11.4. The van der Waals surface area contributed by atoms with Gasteiger partial charge >= 0.3 is 11.5 Å². The van der Waals surface area contributed by atoms with Crippen LogP contribution in [0.3, 0.4) is 0 Å². The number of aliphatic imine (C=N–C) groups is 1. The Bertz CT molecular complexity index is 1690. The first-order valence-electron chi connectivity index (χ1n) is 13.4. The van der Waals surface area contributed by atoms with E-state index in [0.29, 0.717) is 23.2 Å². The lowest BCUT2D eigenvalue weighted by Gasteiger charge is -2.22. The Labute approximate surface area is 261 Å². The summed E-state index contributed by atoms with van der Waals surface area (Å²) in [5.74, 6) is 0.541. The molecule has 1 aliphatic rings. The summed E-state index contributed by atoms with van der Waals surface area (Å²) in [7, 11) is 0. The summed E-state index contributed by atoms with van der Waals surface area (Å²) < 4.78 is 42.6. The highest BCUT2D eigenvalue weighted by molar-refractivity contribution is 8.15. The molecule has 0 spiro atoms. The lowest BCUT2D eigenvalue weighted by Crippen LogP contribution is -2.31. The van der Waals surface area contributed by atoms with E-state index in [1.54, 1.807) is 4.90 Å². The first kappa shape index (κ1) is 31.2. The van der Waals surface area contributed by atoms with E-state index in [4.69, 9.17) is 17.1 Å². The first-order valence-corrected chi connectivity index (χ1v) is 14.8. The highest BCUT2D eigenvalue weighted by Crippen LogP contribution is 2.34. The molecule has 0 unspecified atom stereocenters. The molecular formula is C30H27F3N6O3S2. The first-order chi connectivity index (χ1) is 21.0. The van der Waals surface area contributed by atoms with Crippen LogP contribution in [0.25, 0.3) is 17.1 Å². The van der Waals surface area contributed by atoms with E-state index in [2.05, 4.69) is 39.1 Å². The molecule has 2 heterocycles. The Kier molecular flexibility index (Phi) is 9.32. The van der Waals surface area contributed by atoms with Crippen LogP contribution >= 0.6 is 24.0 Å². The van der Waals surface area contributed by atoms with Gasteiger partial charge < -0.3 is 9.57 Å². The fourth-order valence-corrected chi connectivity index (χ4v) is 5.45. The lowest BCUT2D eigenvalue weighted by molar-refractivity contribution is -0.274. The number of carbonyl (C=O) groups is 1. The monoisotopic (exact) mass is 640 g/mol. The van der Waals surface area contributed by atoms with Crippen molar-refractivity contribution in [2.45, 2.75) is 39.6 Å². The van der Waals surface area contributed by atoms with Crippen LogP contribution in [0.1, 0.15) is 36.5 Å². The third kappa shape index (κ3) is 7.62. The molecule has 3 aromatic carbocycles. The van der Waals surface area contributed by atoms with Gasteiger partial charge in [0.05, 0.1) is 23.7 Å². The number of aromatic nitrogens is 3. The molecule has 228 valence electrons. The number of halogens is 3. The average Bonchev–Trinajstić information content (AvgIpc) is 3.60. The van der Waals surface area contributed by atoms with Crippen molar-refractivity contribution in [3.63, 3.8) is 0 Å². The number of thioether (sulfide) groups is 1. The van der Waals surface area contributed by atoms with Crippen LogP contribution in [0.15, 0.2) is 78.0 Å². The Morgan fingerprint density at radius 2 is 1.84 bits per heavy atom. The molecule has 0 aliphatic carbocycles. The Balaban J connectivity index is 1.17. The Morgan fingerprint density at radius 3 is 2.52 bits per heavy atom. The number of ether oxygens (including phenoxy) is 1. The van der Waals surface area contributed by atoms with Crippen LogP contribution in [0.2, 0.25) is 0 Å². The van der Waals surface area contributed by atoms with Crippen molar-refractivity contribution in [3.8, 4) is 22.8 Å². The topological polar surface area (TPSA) is 93.9 Å². The number of nitrogens with one attached hydrogen (secondary N) is 1. The van der Waals surface area contributed by atoms with Gasteiger partial charge in [0.25, 0.3) is 0 Å². The van der Waals surface area contributed by atoms with Gasteiger partial charge in [-0.1, -0.05) is 62.0 Å². The van der Waals surface area contributed by atoms with Crippen molar-refractivity contribution in [2.24, 2.45) is 4.99 Å². The zero-order valence-electron chi connectivity index (χ0n) is 23.8. The molecule has 9 nitrogen and oxygen atoms in total. The van der Waals surface area contributed by atoms with Gasteiger partial charge in [-0.05, 0) is 72.1 Å². The number of alkyl halides is 3. The van der Waals surface area contributed by atoms with Crippen molar-refractivity contribution in [3.05, 3.63) is 89.7 Å². The minimum Gasteiger partial charge on any atom is -0.406 e. The van der Waals surface area contributed by atoms with Gasteiger partial charge in [-0.15, -0.1) is 23.8 Å². The molecule has 1 saturated heterocycles. The summed E-state index contributed by atoms with van der Waals surface area (Å²) in [6.07, 6.45) is -3.28. The average molecular weight is 641 g/mol. The molecule has 0 atom stereocenters. The molecule has 14 heteroatoms. The molecular weight excluding hydrogens is 613 g/mol. The van der Waals surface area contributed by atoms with Crippen molar-refractivity contribution in [2.75, 3.05) is 10.7 Å². The maximum absolute atomic E-state index is 12.8. The molecule has 1 aliphatic heterocycles. The third-order valence-electron chi connectivity index (χ3n) is 6.48. The van der Waals surface area contributed by atoms with Crippen LogP contribution in [0.5, 0.6) is 5.75 Å². The molecule has 1 fully saturated rings. The summed E-state index contributed by atoms with van der Waals surface area (Å²) in [6, 6.07) is 18.8. The summed E-state index contributed by atoms with van der Waals surface area (Å²) in [5, 5.41) is 4.83. The van der Waals surface area contributed by atoms with Gasteiger partial charge in [0, 0.05) is 5.56 Å². The van der Waals surface area contributed by atoms with E-state index in [1.165, 1.54) is 47.0 Å². The van der Waals surface area contributed by atoms with Crippen molar-refractivity contribution in [1.82, 2.24) is 20.2 Å². The van der Waals surface area contributed by atoms with Crippen LogP contribution in [-0.2, 0) is 16.2 Å². The number of thiocarbonyl (C=S) groups is 1. The predicted octanol–water partition coefficient (Wildman–Crippen LogP) is 6.71. The van der Waals surface area contributed by atoms with E-state index in [1.807, 2.05) is 49.4 Å². The number of aryl methyl sites for hydroxylation is 1. The minimum absolute atomic E-state index is 0.0460. The highest BCUT2D eigenvalue weighted by Gasteiger charge is 2.32. The summed E-state index contributed by atoms with van der Waals surface area (Å²) >= 11 is 6.63. The Morgan fingerprint density at radius 1 is 1.11 bits per heavy atom. The Hall–Kier alpha value is -4.27. The van der Waals surface area contributed by atoms with Crippen LogP contribution in [0.4, 0.5) is 18.9 Å². The molecule has 0 bridgehead atoms. The second kappa shape index (κ2) is 13.2. The van der Waals surface area contributed by atoms with Gasteiger partial charge in [0.2, 0.25) is 5.91 Å². The number of benzene rings is 3. The zero-order chi connectivity index (χ0) is 31.4. The number of carbonyl (C=O) groups excluding carboxylic acids is 1. The fraction of sp³-hybridized carbons (Fsp3) is 0.233. The van der Waals surface area contributed by atoms with Gasteiger partial charge in [-0.3, -0.25) is 9.69 Å².